The van der Waals surface area contributed by atoms with E-state index < -0.39 is 12.0 Å². The van der Waals surface area contributed by atoms with E-state index in [2.05, 4.69) is 10.2 Å². The molecule has 8 heteroatoms. The summed E-state index contributed by atoms with van der Waals surface area (Å²) in [7, 11) is 1.45. The molecule has 0 aromatic heterocycles. The van der Waals surface area contributed by atoms with Crippen LogP contribution in [0.15, 0.2) is 34.5 Å². The fourth-order valence-corrected chi connectivity index (χ4v) is 1.43. The smallest absolute Gasteiger partial charge is 0.452 e. The molecule has 0 spiro atoms. The van der Waals surface area contributed by atoms with Gasteiger partial charge in [0.25, 0.3) is 5.84 Å². The minimum absolute atomic E-state index is 0.104. The number of anilines is 1. The molecule has 0 saturated carbocycles. The Kier molecular flexibility index (Phi) is 5.38. The van der Waals surface area contributed by atoms with Gasteiger partial charge in [-0.1, -0.05) is 0 Å². The molecule has 0 heterocycles. The van der Waals surface area contributed by atoms with Crippen LogP contribution in [0, 0.1) is 0 Å². The Morgan fingerprint density at radius 3 is 2.10 bits per heavy atom. The van der Waals surface area contributed by atoms with E-state index in [0.717, 1.165) is 0 Å². The first-order valence-electron chi connectivity index (χ1n) is 5.51. The maximum atomic E-state index is 12.9. The molecular weight excluding hydrogens is 295 g/mol. The summed E-state index contributed by atoms with van der Waals surface area (Å²) in [6.45, 7) is 3.06. The lowest BCUT2D eigenvalue weighted by atomic mass is 10.3. The predicted octanol–water partition coefficient (Wildman–Crippen LogP) is 4.01. The van der Waals surface area contributed by atoms with Crippen molar-refractivity contribution in [3.8, 4) is 5.75 Å². The fraction of sp³-hybridized carbons (Fsp3) is 0.333. The molecule has 0 aliphatic rings. The van der Waals surface area contributed by atoms with Crippen molar-refractivity contribution in [2.75, 3.05) is 11.5 Å². The second-order valence-corrected chi connectivity index (χ2v) is 4.29. The van der Waals surface area contributed by atoms with Crippen LogP contribution in [-0.2, 0) is 0 Å². The minimum atomic E-state index is -4.72. The zero-order valence-electron chi connectivity index (χ0n) is 11.1. The Labute approximate surface area is 119 Å². The zero-order chi connectivity index (χ0) is 15.3. The summed E-state index contributed by atoms with van der Waals surface area (Å²) in [6, 6.07) is 5.76. The van der Waals surface area contributed by atoms with Crippen molar-refractivity contribution in [2.24, 2.45) is 10.2 Å². The number of rotatable bonds is 3. The van der Waals surface area contributed by atoms with Gasteiger partial charge in [0.1, 0.15) is 5.75 Å². The third-order valence-corrected chi connectivity index (χ3v) is 2.44. The number of alkyl halides is 3. The van der Waals surface area contributed by atoms with E-state index in [1.807, 2.05) is 0 Å². The Hall–Kier alpha value is -1.76. The number of ether oxygens (including phenoxy) is 1. The summed E-state index contributed by atoms with van der Waals surface area (Å²) in [6.07, 6.45) is -4.72. The normalized spacial score (nSPS) is 12.1. The van der Waals surface area contributed by atoms with Gasteiger partial charge in [-0.15, -0.1) is 5.10 Å². The summed E-state index contributed by atoms with van der Waals surface area (Å²) in [4.78, 5) is 0. The first-order valence-corrected chi connectivity index (χ1v) is 5.85. The number of nitrogens with zero attached hydrogens (tertiary/aromatic N) is 3. The molecule has 4 nitrogen and oxygen atoms in total. The molecule has 0 fully saturated rings. The lowest BCUT2D eigenvalue weighted by Gasteiger charge is -2.19. The monoisotopic (exact) mass is 307 g/mol. The molecule has 1 aromatic rings. The molecule has 0 radical (unpaired) electrons. The zero-order valence-corrected chi connectivity index (χ0v) is 11.8. The van der Waals surface area contributed by atoms with E-state index in [9.17, 15) is 13.2 Å². The second kappa shape index (κ2) is 6.60. The van der Waals surface area contributed by atoms with Crippen molar-refractivity contribution in [3.63, 3.8) is 0 Å². The molecule has 0 amide bonds. The van der Waals surface area contributed by atoms with Crippen molar-refractivity contribution < 1.29 is 17.9 Å². The first kappa shape index (κ1) is 16.3. The Morgan fingerprint density at radius 2 is 1.70 bits per heavy atom. The van der Waals surface area contributed by atoms with Crippen LogP contribution in [0.3, 0.4) is 0 Å². The predicted molar refractivity (Wildman–Crippen MR) is 73.6 cm³/mol. The first-order chi connectivity index (χ1) is 9.25. The van der Waals surface area contributed by atoms with Crippen LogP contribution in [0.1, 0.15) is 13.8 Å². The lowest BCUT2D eigenvalue weighted by molar-refractivity contribution is -0.0596. The van der Waals surface area contributed by atoms with E-state index in [4.69, 9.17) is 16.5 Å². The van der Waals surface area contributed by atoms with Gasteiger partial charge in [0.15, 0.2) is 0 Å². The summed E-state index contributed by atoms with van der Waals surface area (Å²) in [5.74, 6) is -0.808. The van der Waals surface area contributed by atoms with Crippen LogP contribution in [0.4, 0.5) is 18.9 Å². The molecule has 0 unspecified atom stereocenters. The van der Waals surface area contributed by atoms with Gasteiger partial charge in [-0.2, -0.15) is 18.3 Å². The van der Waals surface area contributed by atoms with Gasteiger partial charge in [0.2, 0.25) is 0 Å². The van der Waals surface area contributed by atoms with E-state index in [1.165, 1.54) is 45.2 Å². The van der Waals surface area contributed by atoms with Gasteiger partial charge >= 0.3 is 6.18 Å². The van der Waals surface area contributed by atoms with Gasteiger partial charge in [0, 0.05) is 17.5 Å². The largest absolute Gasteiger partial charge is 0.497 e. The van der Waals surface area contributed by atoms with E-state index in [-0.39, 0.29) is 5.69 Å². The van der Waals surface area contributed by atoms with Crippen molar-refractivity contribution >= 4 is 29.0 Å². The third kappa shape index (κ3) is 4.41. The summed E-state index contributed by atoms with van der Waals surface area (Å²) in [5, 5.41) is 6.56. The standard InChI is InChI=1S/C12H13ClF3N3O/c1-8(2)17-18-11(12(14,15)16)19(13)9-4-6-10(20-3)7-5-9/h4-7H,1-3H3/b18-11-. The summed E-state index contributed by atoms with van der Waals surface area (Å²) < 4.78 is 44.0. The van der Waals surface area contributed by atoms with Crippen LogP contribution < -0.4 is 9.16 Å². The molecule has 1 rings (SSSR count). The van der Waals surface area contributed by atoms with E-state index in [0.29, 0.717) is 15.9 Å². The number of halogens is 4. The summed E-state index contributed by atoms with van der Waals surface area (Å²) in [5.41, 5.74) is 0.485. The molecule has 0 bridgehead atoms. The molecule has 20 heavy (non-hydrogen) atoms. The molecule has 0 aliphatic heterocycles. The van der Waals surface area contributed by atoms with Crippen molar-refractivity contribution in [1.29, 1.82) is 0 Å². The number of benzene rings is 1. The van der Waals surface area contributed by atoms with Crippen LogP contribution in [-0.4, -0.2) is 24.8 Å². The molecule has 1 aromatic carbocycles. The fourth-order valence-electron chi connectivity index (χ4n) is 1.19. The third-order valence-electron chi connectivity index (χ3n) is 2.08. The quantitative estimate of drug-likeness (QED) is 0.366. The van der Waals surface area contributed by atoms with Crippen molar-refractivity contribution in [1.82, 2.24) is 0 Å². The summed E-state index contributed by atoms with van der Waals surface area (Å²) >= 11 is 5.71. The van der Waals surface area contributed by atoms with Gasteiger partial charge in [-0.05, 0) is 38.1 Å². The Bertz CT molecular complexity index is 508. The highest BCUT2D eigenvalue weighted by molar-refractivity contribution is 6.38. The minimum Gasteiger partial charge on any atom is -0.497 e. The molecule has 0 atom stereocenters. The maximum Gasteiger partial charge on any atom is 0.452 e. The van der Waals surface area contributed by atoms with E-state index in [1.54, 1.807) is 0 Å². The van der Waals surface area contributed by atoms with Crippen molar-refractivity contribution in [2.45, 2.75) is 20.0 Å². The molecule has 110 valence electrons. The molecular formula is C12H13ClF3N3O. The Morgan fingerprint density at radius 1 is 1.15 bits per heavy atom. The van der Waals surface area contributed by atoms with Crippen LogP contribution in [0.25, 0.3) is 0 Å². The SMILES string of the molecule is COc1ccc(N(Cl)/C(=N\N=C(C)C)C(F)(F)F)cc1. The average Bonchev–Trinajstić information content (AvgIpc) is 2.37. The van der Waals surface area contributed by atoms with Gasteiger partial charge in [0.05, 0.1) is 12.8 Å². The van der Waals surface area contributed by atoms with E-state index >= 15 is 0 Å². The molecule has 0 aliphatic carbocycles. The number of hydrogen-bond donors (Lipinski definition) is 0. The van der Waals surface area contributed by atoms with Crippen LogP contribution >= 0.6 is 11.8 Å². The van der Waals surface area contributed by atoms with Gasteiger partial charge < -0.3 is 4.74 Å². The van der Waals surface area contributed by atoms with Crippen LogP contribution in [0.5, 0.6) is 5.75 Å². The lowest BCUT2D eigenvalue weighted by Crippen LogP contribution is -2.35. The second-order valence-electron chi connectivity index (χ2n) is 3.95. The number of methoxy groups -OCH3 is 1. The van der Waals surface area contributed by atoms with Crippen LogP contribution in [0.2, 0.25) is 0 Å². The van der Waals surface area contributed by atoms with Gasteiger partial charge in [-0.3, -0.25) is 0 Å². The highest BCUT2D eigenvalue weighted by Crippen LogP contribution is 2.28. The average molecular weight is 308 g/mol. The number of hydrogen-bond acceptors (Lipinski definition) is 3. The van der Waals surface area contributed by atoms with Crippen molar-refractivity contribution in [3.05, 3.63) is 24.3 Å². The highest BCUT2D eigenvalue weighted by atomic mass is 35.5. The molecule has 0 saturated heterocycles. The Balaban J connectivity index is 3.13. The maximum absolute atomic E-state index is 12.9. The van der Waals surface area contributed by atoms with Gasteiger partial charge in [-0.25, -0.2) is 4.42 Å². The number of amidine groups is 1. The molecule has 0 N–H and O–H groups in total. The topological polar surface area (TPSA) is 37.2 Å². The highest BCUT2D eigenvalue weighted by Gasteiger charge is 2.41.